The van der Waals surface area contributed by atoms with Crippen LogP contribution in [0.2, 0.25) is 0 Å². The average molecular weight is 251 g/mol. The molecule has 1 aliphatic heterocycles. The maximum absolute atomic E-state index is 4.30. The van der Waals surface area contributed by atoms with Gasteiger partial charge in [-0.15, -0.1) is 0 Å². The SMILES string of the molecule is c1ccc(CNCCN2CCCSCC2)nc1. The molecule has 1 N–H and O–H groups in total. The molecule has 0 amide bonds. The van der Waals surface area contributed by atoms with Gasteiger partial charge in [0.1, 0.15) is 0 Å². The summed E-state index contributed by atoms with van der Waals surface area (Å²) in [6.45, 7) is 5.60. The number of rotatable bonds is 5. The molecule has 0 saturated carbocycles. The van der Waals surface area contributed by atoms with Gasteiger partial charge in [0.15, 0.2) is 0 Å². The van der Waals surface area contributed by atoms with Crippen molar-refractivity contribution in [3.63, 3.8) is 0 Å². The van der Waals surface area contributed by atoms with Gasteiger partial charge in [0.25, 0.3) is 0 Å². The third-order valence-electron chi connectivity index (χ3n) is 2.95. The summed E-state index contributed by atoms with van der Waals surface area (Å²) in [5.74, 6) is 2.62. The van der Waals surface area contributed by atoms with Gasteiger partial charge in [-0.05, 0) is 30.9 Å². The van der Waals surface area contributed by atoms with E-state index in [2.05, 4.69) is 33.0 Å². The van der Waals surface area contributed by atoms with Crippen molar-refractivity contribution in [2.24, 2.45) is 0 Å². The second-order valence-electron chi connectivity index (χ2n) is 4.31. The van der Waals surface area contributed by atoms with E-state index in [1.165, 1.54) is 31.0 Å². The van der Waals surface area contributed by atoms with Gasteiger partial charge in [-0.1, -0.05) is 6.07 Å². The van der Waals surface area contributed by atoms with Crippen LogP contribution in [0.1, 0.15) is 12.1 Å². The third-order valence-corrected chi connectivity index (χ3v) is 4.00. The normalized spacial score (nSPS) is 17.9. The van der Waals surface area contributed by atoms with Gasteiger partial charge < -0.3 is 10.2 Å². The van der Waals surface area contributed by atoms with Crippen LogP contribution in [0, 0.1) is 0 Å². The molecule has 2 rings (SSSR count). The molecule has 1 aliphatic rings. The van der Waals surface area contributed by atoms with Crippen LogP contribution in [0.15, 0.2) is 24.4 Å². The summed E-state index contributed by atoms with van der Waals surface area (Å²) >= 11 is 2.08. The number of hydrogen-bond donors (Lipinski definition) is 1. The number of hydrogen-bond acceptors (Lipinski definition) is 4. The quantitative estimate of drug-likeness (QED) is 0.805. The number of aromatic nitrogens is 1. The Morgan fingerprint density at radius 2 is 2.29 bits per heavy atom. The molecule has 0 aromatic carbocycles. The van der Waals surface area contributed by atoms with Crippen molar-refractivity contribution in [3.8, 4) is 0 Å². The molecule has 0 spiro atoms. The van der Waals surface area contributed by atoms with Crippen molar-refractivity contribution >= 4 is 11.8 Å². The smallest absolute Gasteiger partial charge is 0.0541 e. The Bertz CT molecular complexity index is 297. The maximum Gasteiger partial charge on any atom is 0.0541 e. The third kappa shape index (κ3) is 5.06. The molecule has 3 nitrogen and oxygen atoms in total. The van der Waals surface area contributed by atoms with Crippen LogP contribution in [-0.4, -0.2) is 47.6 Å². The van der Waals surface area contributed by atoms with Crippen molar-refractivity contribution in [2.75, 3.05) is 37.7 Å². The highest BCUT2D eigenvalue weighted by atomic mass is 32.2. The first-order valence-corrected chi connectivity index (χ1v) is 7.51. The zero-order valence-electron chi connectivity index (χ0n) is 10.3. The van der Waals surface area contributed by atoms with E-state index in [4.69, 9.17) is 0 Å². The monoisotopic (exact) mass is 251 g/mol. The van der Waals surface area contributed by atoms with Gasteiger partial charge in [-0.3, -0.25) is 4.98 Å². The summed E-state index contributed by atoms with van der Waals surface area (Å²) in [6, 6.07) is 6.06. The van der Waals surface area contributed by atoms with Crippen molar-refractivity contribution in [1.82, 2.24) is 15.2 Å². The highest BCUT2D eigenvalue weighted by molar-refractivity contribution is 7.99. The highest BCUT2D eigenvalue weighted by Crippen LogP contribution is 2.09. The van der Waals surface area contributed by atoms with Crippen LogP contribution < -0.4 is 5.32 Å². The second-order valence-corrected chi connectivity index (χ2v) is 5.53. The largest absolute Gasteiger partial charge is 0.310 e. The lowest BCUT2D eigenvalue weighted by atomic mass is 10.3. The van der Waals surface area contributed by atoms with Gasteiger partial charge in [0, 0.05) is 38.1 Å². The Hall–Kier alpha value is -0.580. The summed E-state index contributed by atoms with van der Waals surface area (Å²) in [7, 11) is 0. The van der Waals surface area contributed by atoms with Crippen molar-refractivity contribution < 1.29 is 0 Å². The lowest BCUT2D eigenvalue weighted by Gasteiger charge is -2.19. The van der Waals surface area contributed by atoms with Crippen molar-refractivity contribution in [3.05, 3.63) is 30.1 Å². The minimum Gasteiger partial charge on any atom is -0.310 e. The number of nitrogens with one attached hydrogen (secondary N) is 1. The molecule has 4 heteroatoms. The summed E-state index contributed by atoms with van der Waals surface area (Å²) in [5.41, 5.74) is 1.12. The molecule has 0 unspecified atom stereocenters. The van der Waals surface area contributed by atoms with E-state index in [0.29, 0.717) is 0 Å². The van der Waals surface area contributed by atoms with E-state index in [9.17, 15) is 0 Å². The second kappa shape index (κ2) is 7.69. The standard InChI is InChI=1S/C13H21N3S/c1-2-5-15-13(4-1)12-14-6-8-16-7-3-10-17-11-9-16/h1-2,4-5,14H,3,6-12H2. The van der Waals surface area contributed by atoms with Crippen molar-refractivity contribution in [2.45, 2.75) is 13.0 Å². The van der Waals surface area contributed by atoms with E-state index in [-0.39, 0.29) is 0 Å². The Labute approximate surface area is 108 Å². The van der Waals surface area contributed by atoms with E-state index in [1.807, 2.05) is 18.3 Å². The fourth-order valence-corrected chi connectivity index (χ4v) is 2.90. The molecule has 0 bridgehead atoms. The Balaban J connectivity index is 1.59. The Morgan fingerprint density at radius 1 is 1.29 bits per heavy atom. The molecular weight excluding hydrogens is 230 g/mol. The van der Waals surface area contributed by atoms with Crippen molar-refractivity contribution in [1.29, 1.82) is 0 Å². The molecule has 1 aromatic heterocycles. The number of pyridine rings is 1. The van der Waals surface area contributed by atoms with Gasteiger partial charge in [0.05, 0.1) is 5.69 Å². The lowest BCUT2D eigenvalue weighted by molar-refractivity contribution is 0.294. The van der Waals surface area contributed by atoms with Crippen LogP contribution in [0.25, 0.3) is 0 Å². The molecule has 94 valence electrons. The van der Waals surface area contributed by atoms with Crippen LogP contribution in [-0.2, 0) is 6.54 Å². The number of nitrogens with zero attached hydrogens (tertiary/aromatic N) is 2. The maximum atomic E-state index is 4.30. The summed E-state index contributed by atoms with van der Waals surface area (Å²) in [5, 5.41) is 3.46. The Kier molecular flexibility index (Phi) is 5.82. The van der Waals surface area contributed by atoms with Crippen LogP contribution >= 0.6 is 11.8 Å². The first kappa shape index (κ1) is 12.9. The molecule has 2 heterocycles. The molecule has 1 aromatic rings. The van der Waals surface area contributed by atoms with Gasteiger partial charge >= 0.3 is 0 Å². The lowest BCUT2D eigenvalue weighted by Crippen LogP contribution is -2.33. The minimum atomic E-state index is 0.878. The number of thioether (sulfide) groups is 1. The van der Waals surface area contributed by atoms with E-state index in [0.717, 1.165) is 25.3 Å². The zero-order chi connectivity index (χ0) is 11.8. The predicted octanol–water partition coefficient (Wildman–Crippen LogP) is 1.61. The van der Waals surface area contributed by atoms with Gasteiger partial charge in [0.2, 0.25) is 0 Å². The first-order chi connectivity index (χ1) is 8.45. The van der Waals surface area contributed by atoms with E-state index >= 15 is 0 Å². The average Bonchev–Trinajstić information content (AvgIpc) is 2.65. The van der Waals surface area contributed by atoms with E-state index < -0.39 is 0 Å². The molecule has 0 radical (unpaired) electrons. The molecule has 0 atom stereocenters. The highest BCUT2D eigenvalue weighted by Gasteiger charge is 2.07. The van der Waals surface area contributed by atoms with Crippen LogP contribution in [0.4, 0.5) is 0 Å². The fourth-order valence-electron chi connectivity index (χ4n) is 1.98. The van der Waals surface area contributed by atoms with E-state index in [1.54, 1.807) is 0 Å². The summed E-state index contributed by atoms with van der Waals surface area (Å²) < 4.78 is 0. The molecule has 17 heavy (non-hydrogen) atoms. The minimum absolute atomic E-state index is 0.878. The Morgan fingerprint density at radius 3 is 3.18 bits per heavy atom. The predicted molar refractivity (Wildman–Crippen MR) is 74.3 cm³/mol. The first-order valence-electron chi connectivity index (χ1n) is 6.36. The zero-order valence-corrected chi connectivity index (χ0v) is 11.1. The fraction of sp³-hybridized carbons (Fsp3) is 0.615. The molecule has 0 aliphatic carbocycles. The summed E-state index contributed by atoms with van der Waals surface area (Å²) in [4.78, 5) is 6.86. The molecule has 1 fully saturated rings. The topological polar surface area (TPSA) is 28.2 Å². The molecular formula is C13H21N3S. The molecule has 1 saturated heterocycles. The van der Waals surface area contributed by atoms with Crippen LogP contribution in [0.5, 0.6) is 0 Å². The summed E-state index contributed by atoms with van der Waals surface area (Å²) in [6.07, 6.45) is 3.19. The van der Waals surface area contributed by atoms with Crippen LogP contribution in [0.3, 0.4) is 0 Å². The van der Waals surface area contributed by atoms with Gasteiger partial charge in [-0.2, -0.15) is 11.8 Å². The van der Waals surface area contributed by atoms with Gasteiger partial charge in [-0.25, -0.2) is 0 Å².